The lowest BCUT2D eigenvalue weighted by Crippen LogP contribution is -2.29. The van der Waals surface area contributed by atoms with E-state index in [2.05, 4.69) is 22.6 Å². The van der Waals surface area contributed by atoms with Crippen molar-refractivity contribution in [1.82, 2.24) is 4.90 Å². The fourth-order valence-electron chi connectivity index (χ4n) is 3.34. The van der Waals surface area contributed by atoms with Crippen LogP contribution >= 0.6 is 11.3 Å². The van der Waals surface area contributed by atoms with Crippen LogP contribution in [-0.2, 0) is 22.6 Å². The summed E-state index contributed by atoms with van der Waals surface area (Å²) in [5.41, 5.74) is 4.73. The van der Waals surface area contributed by atoms with E-state index in [-0.39, 0.29) is 0 Å². The first-order valence-electron chi connectivity index (χ1n) is 9.15. The summed E-state index contributed by atoms with van der Waals surface area (Å²) >= 11 is 1.63. The van der Waals surface area contributed by atoms with Gasteiger partial charge >= 0.3 is 11.8 Å². The molecule has 0 fully saturated rings. The number of hydrogen-bond acceptors (Lipinski definition) is 4. The van der Waals surface area contributed by atoms with Gasteiger partial charge in [-0.1, -0.05) is 24.3 Å². The maximum absolute atomic E-state index is 12.3. The zero-order valence-corrected chi connectivity index (χ0v) is 16.4. The molecule has 0 radical (unpaired) electrons. The molecule has 2 N–H and O–H groups in total. The molecule has 0 spiro atoms. The molecule has 2 aromatic carbocycles. The number of nitrogens with one attached hydrogen (secondary N) is 2. The van der Waals surface area contributed by atoms with Gasteiger partial charge in [0.25, 0.3) is 0 Å². The van der Waals surface area contributed by atoms with Crippen LogP contribution in [0.15, 0.2) is 60.0 Å². The first-order valence-corrected chi connectivity index (χ1v) is 10.0. The standard InChI is InChI=1S/C22H21N3O2S/c1-25-10-9-15-7-8-19(13-17(15)14-25)24-22(27)21(26)23-18-5-2-4-16(12-18)20-6-3-11-28-20/h2-8,11-13H,9-10,14H2,1H3,(H,23,26)(H,24,27). The van der Waals surface area contributed by atoms with Crippen LogP contribution in [0.3, 0.4) is 0 Å². The fourth-order valence-corrected chi connectivity index (χ4v) is 4.07. The number of anilines is 2. The number of thiophene rings is 1. The summed E-state index contributed by atoms with van der Waals surface area (Å²) in [7, 11) is 2.08. The van der Waals surface area contributed by atoms with Gasteiger partial charge in [0.2, 0.25) is 0 Å². The molecule has 1 aromatic heterocycles. The molecule has 142 valence electrons. The average Bonchev–Trinajstić information content (AvgIpc) is 3.22. The number of fused-ring (bicyclic) bond motifs is 1. The smallest absolute Gasteiger partial charge is 0.314 e. The van der Waals surface area contributed by atoms with Gasteiger partial charge in [0.1, 0.15) is 0 Å². The van der Waals surface area contributed by atoms with Gasteiger partial charge in [0.05, 0.1) is 0 Å². The highest BCUT2D eigenvalue weighted by Crippen LogP contribution is 2.27. The van der Waals surface area contributed by atoms with Crippen molar-refractivity contribution in [3.05, 3.63) is 71.1 Å². The van der Waals surface area contributed by atoms with E-state index < -0.39 is 11.8 Å². The van der Waals surface area contributed by atoms with Gasteiger partial charge in [-0.05, 0) is 65.9 Å². The summed E-state index contributed by atoms with van der Waals surface area (Å²) in [4.78, 5) is 28.0. The number of amides is 2. The van der Waals surface area contributed by atoms with Crippen LogP contribution in [0.5, 0.6) is 0 Å². The Hall–Kier alpha value is -2.96. The van der Waals surface area contributed by atoms with Crippen molar-refractivity contribution in [2.75, 3.05) is 24.2 Å². The van der Waals surface area contributed by atoms with E-state index in [4.69, 9.17) is 0 Å². The second kappa shape index (κ2) is 7.96. The molecular formula is C22H21N3O2S. The Bertz CT molecular complexity index is 1010. The Balaban J connectivity index is 1.42. The lowest BCUT2D eigenvalue weighted by molar-refractivity contribution is -0.132. The molecule has 0 aliphatic carbocycles. The van der Waals surface area contributed by atoms with Crippen molar-refractivity contribution in [3.63, 3.8) is 0 Å². The highest BCUT2D eigenvalue weighted by Gasteiger charge is 2.17. The molecular weight excluding hydrogens is 370 g/mol. The summed E-state index contributed by atoms with van der Waals surface area (Å²) in [5.74, 6) is -1.36. The molecule has 1 aliphatic heterocycles. The van der Waals surface area contributed by atoms with Gasteiger partial charge in [-0.3, -0.25) is 9.59 Å². The Morgan fingerprint density at radius 1 is 0.929 bits per heavy atom. The minimum absolute atomic E-state index is 0.595. The lowest BCUT2D eigenvalue weighted by Gasteiger charge is -2.25. The van der Waals surface area contributed by atoms with Gasteiger partial charge < -0.3 is 15.5 Å². The SMILES string of the molecule is CN1CCc2ccc(NC(=O)C(=O)Nc3cccc(-c4cccs4)c3)cc2C1. The second-order valence-corrected chi connectivity index (χ2v) is 7.89. The highest BCUT2D eigenvalue weighted by molar-refractivity contribution is 7.13. The van der Waals surface area contributed by atoms with Crippen LogP contribution in [-0.4, -0.2) is 30.3 Å². The molecule has 0 atom stereocenters. The van der Waals surface area contributed by atoms with Crippen LogP contribution in [0.4, 0.5) is 11.4 Å². The van der Waals surface area contributed by atoms with Gasteiger partial charge in [-0.2, -0.15) is 0 Å². The number of rotatable bonds is 3. The maximum atomic E-state index is 12.3. The Kier molecular flexibility index (Phi) is 5.23. The van der Waals surface area contributed by atoms with Gasteiger partial charge in [0, 0.05) is 29.3 Å². The second-order valence-electron chi connectivity index (χ2n) is 6.94. The molecule has 2 heterocycles. The minimum Gasteiger partial charge on any atom is -0.318 e. The Labute approximate surface area is 168 Å². The molecule has 2 amide bonds. The normalized spacial score (nSPS) is 13.6. The Morgan fingerprint density at radius 2 is 1.71 bits per heavy atom. The zero-order valence-electron chi connectivity index (χ0n) is 15.6. The monoisotopic (exact) mass is 391 g/mol. The van der Waals surface area contributed by atoms with Gasteiger partial charge in [-0.25, -0.2) is 0 Å². The van der Waals surface area contributed by atoms with Crippen LogP contribution in [0.2, 0.25) is 0 Å². The molecule has 4 rings (SSSR count). The third kappa shape index (κ3) is 4.13. The van der Waals surface area contributed by atoms with Crippen molar-refractivity contribution >= 4 is 34.5 Å². The number of nitrogens with zero attached hydrogens (tertiary/aromatic N) is 1. The van der Waals surface area contributed by atoms with E-state index in [0.29, 0.717) is 11.4 Å². The lowest BCUT2D eigenvalue weighted by atomic mass is 9.99. The van der Waals surface area contributed by atoms with E-state index in [1.807, 2.05) is 53.9 Å². The first kappa shape index (κ1) is 18.4. The third-order valence-electron chi connectivity index (χ3n) is 4.80. The largest absolute Gasteiger partial charge is 0.318 e. The van der Waals surface area contributed by atoms with Crippen molar-refractivity contribution in [1.29, 1.82) is 0 Å². The van der Waals surface area contributed by atoms with Gasteiger partial charge in [-0.15, -0.1) is 11.3 Å². The molecule has 0 unspecified atom stereocenters. The predicted octanol–water partition coefficient (Wildman–Crippen LogP) is 3.98. The number of benzene rings is 2. The van der Waals surface area contributed by atoms with E-state index >= 15 is 0 Å². The van der Waals surface area contributed by atoms with Crippen LogP contribution < -0.4 is 10.6 Å². The summed E-state index contributed by atoms with van der Waals surface area (Å²) in [6, 6.07) is 17.3. The van der Waals surface area contributed by atoms with Crippen molar-refractivity contribution < 1.29 is 9.59 Å². The van der Waals surface area contributed by atoms with E-state index in [1.165, 1.54) is 11.1 Å². The first-order chi connectivity index (χ1) is 13.6. The number of hydrogen-bond donors (Lipinski definition) is 2. The molecule has 0 saturated heterocycles. The molecule has 0 saturated carbocycles. The van der Waals surface area contributed by atoms with E-state index in [0.717, 1.165) is 30.0 Å². The molecule has 6 heteroatoms. The van der Waals surface area contributed by atoms with Crippen LogP contribution in [0, 0.1) is 0 Å². The fraction of sp³-hybridized carbons (Fsp3) is 0.182. The van der Waals surface area contributed by atoms with E-state index in [9.17, 15) is 9.59 Å². The Morgan fingerprint density at radius 3 is 2.46 bits per heavy atom. The third-order valence-corrected chi connectivity index (χ3v) is 5.72. The van der Waals surface area contributed by atoms with Crippen LogP contribution in [0.1, 0.15) is 11.1 Å². The van der Waals surface area contributed by atoms with Gasteiger partial charge in [0.15, 0.2) is 0 Å². The summed E-state index contributed by atoms with van der Waals surface area (Å²) in [5, 5.41) is 7.39. The molecule has 1 aliphatic rings. The number of carbonyl (C=O) groups is 2. The average molecular weight is 391 g/mol. The molecule has 0 bridgehead atoms. The summed E-state index contributed by atoms with van der Waals surface area (Å²) < 4.78 is 0. The summed E-state index contributed by atoms with van der Waals surface area (Å²) in [6.07, 6.45) is 1.00. The number of likely N-dealkylation sites (N-methyl/N-ethyl adjacent to an activating group) is 1. The van der Waals surface area contributed by atoms with E-state index in [1.54, 1.807) is 17.4 Å². The van der Waals surface area contributed by atoms with Crippen molar-refractivity contribution in [2.45, 2.75) is 13.0 Å². The minimum atomic E-state index is -0.682. The van der Waals surface area contributed by atoms with Crippen molar-refractivity contribution in [3.8, 4) is 10.4 Å². The molecule has 3 aromatic rings. The molecule has 5 nitrogen and oxygen atoms in total. The molecule has 28 heavy (non-hydrogen) atoms. The summed E-state index contributed by atoms with van der Waals surface area (Å²) in [6.45, 7) is 1.88. The van der Waals surface area contributed by atoms with Crippen LogP contribution in [0.25, 0.3) is 10.4 Å². The number of carbonyl (C=O) groups excluding carboxylic acids is 2. The highest BCUT2D eigenvalue weighted by atomic mass is 32.1. The predicted molar refractivity (Wildman–Crippen MR) is 113 cm³/mol. The quantitative estimate of drug-likeness (QED) is 0.664. The topological polar surface area (TPSA) is 61.4 Å². The maximum Gasteiger partial charge on any atom is 0.314 e. The zero-order chi connectivity index (χ0) is 19.5. The van der Waals surface area contributed by atoms with Crippen molar-refractivity contribution in [2.24, 2.45) is 0 Å².